The van der Waals surface area contributed by atoms with Gasteiger partial charge in [0.15, 0.2) is 5.69 Å². The number of halogens is 2. The lowest BCUT2D eigenvalue weighted by atomic mass is 9.82. The van der Waals surface area contributed by atoms with Gasteiger partial charge in [-0.1, -0.05) is 6.92 Å². The molecule has 0 saturated heterocycles. The molecule has 1 saturated carbocycles. The molecule has 0 aromatic carbocycles. The third-order valence-electron chi connectivity index (χ3n) is 4.93. The fourth-order valence-electron chi connectivity index (χ4n) is 3.43. The summed E-state index contributed by atoms with van der Waals surface area (Å²) in [4.78, 5) is 16.9. The highest BCUT2D eigenvalue weighted by molar-refractivity contribution is 6.08. The number of carbonyl (C=O) groups is 1. The molecule has 0 spiro atoms. The van der Waals surface area contributed by atoms with Gasteiger partial charge in [0.25, 0.3) is 12.3 Å². The van der Waals surface area contributed by atoms with Crippen LogP contribution in [0.1, 0.15) is 54.0 Å². The van der Waals surface area contributed by atoms with E-state index in [9.17, 15) is 13.6 Å². The quantitative estimate of drug-likeness (QED) is 0.766. The van der Waals surface area contributed by atoms with Crippen LogP contribution in [-0.4, -0.2) is 25.1 Å². The number of aryl methyl sites for hydroxylation is 1. The summed E-state index contributed by atoms with van der Waals surface area (Å²) >= 11 is 0. The minimum atomic E-state index is -2.75. The van der Waals surface area contributed by atoms with Crippen molar-refractivity contribution in [1.82, 2.24) is 19.2 Å². The van der Waals surface area contributed by atoms with Crippen molar-refractivity contribution in [1.29, 1.82) is 0 Å². The van der Waals surface area contributed by atoms with Crippen LogP contribution in [-0.2, 0) is 0 Å². The van der Waals surface area contributed by atoms with Gasteiger partial charge >= 0.3 is 0 Å². The minimum absolute atomic E-state index is 0.0524. The van der Waals surface area contributed by atoms with Crippen LogP contribution in [0.15, 0.2) is 30.7 Å². The van der Waals surface area contributed by atoms with Crippen LogP contribution in [0.4, 0.5) is 14.5 Å². The number of aromatic nitrogens is 4. The van der Waals surface area contributed by atoms with E-state index >= 15 is 0 Å². The summed E-state index contributed by atoms with van der Waals surface area (Å²) in [5, 5.41) is 6.59. The van der Waals surface area contributed by atoms with Crippen molar-refractivity contribution >= 4 is 17.2 Å². The molecule has 1 amide bonds. The fraction of sp³-hybridized carbons (Fsp3) is 0.389. The third kappa shape index (κ3) is 2.75. The molecule has 0 aliphatic heterocycles. The van der Waals surface area contributed by atoms with Crippen molar-refractivity contribution in [2.75, 3.05) is 5.32 Å². The summed E-state index contributed by atoms with van der Waals surface area (Å²) in [7, 11) is 0. The Hall–Kier alpha value is -2.77. The second-order valence-corrected chi connectivity index (χ2v) is 6.90. The van der Waals surface area contributed by atoms with Gasteiger partial charge in [0.2, 0.25) is 0 Å². The molecule has 8 heteroatoms. The Bertz CT molecular complexity index is 971. The zero-order valence-corrected chi connectivity index (χ0v) is 14.5. The first-order valence-electron chi connectivity index (χ1n) is 8.55. The van der Waals surface area contributed by atoms with Crippen LogP contribution in [0, 0.1) is 12.8 Å². The standard InChI is InChI=1S/C18H19F2N5O/c1-10-7-12(8-10)25-9-14(15(23-25)16(19)20)22-18(26)13-4-6-24-11(2)3-5-21-17(13)24/h3-6,9-10,12,16H,7-8H2,1-2H3,(H,22,26)/t10-,12-. The zero-order chi connectivity index (χ0) is 18.4. The van der Waals surface area contributed by atoms with Crippen molar-refractivity contribution in [2.45, 2.75) is 39.2 Å². The van der Waals surface area contributed by atoms with Gasteiger partial charge in [0.05, 0.1) is 17.3 Å². The summed E-state index contributed by atoms with van der Waals surface area (Å²) in [6.07, 6.45) is 3.92. The van der Waals surface area contributed by atoms with E-state index in [2.05, 4.69) is 22.3 Å². The maximum absolute atomic E-state index is 13.4. The van der Waals surface area contributed by atoms with Gasteiger partial charge in [-0.05, 0) is 37.8 Å². The predicted octanol–water partition coefficient (Wildman–Crippen LogP) is 4.00. The number of nitrogens with one attached hydrogen (secondary N) is 1. The highest BCUT2D eigenvalue weighted by atomic mass is 19.3. The van der Waals surface area contributed by atoms with Crippen molar-refractivity contribution in [2.24, 2.45) is 5.92 Å². The zero-order valence-electron chi connectivity index (χ0n) is 14.5. The van der Waals surface area contributed by atoms with Crippen molar-refractivity contribution in [3.8, 4) is 0 Å². The third-order valence-corrected chi connectivity index (χ3v) is 4.93. The first-order valence-corrected chi connectivity index (χ1v) is 8.55. The molecule has 1 N–H and O–H groups in total. The van der Waals surface area contributed by atoms with Gasteiger partial charge in [0, 0.05) is 24.3 Å². The molecule has 0 radical (unpaired) electrons. The first-order chi connectivity index (χ1) is 12.4. The molecule has 26 heavy (non-hydrogen) atoms. The van der Waals surface area contributed by atoms with Crippen molar-refractivity contribution in [3.63, 3.8) is 0 Å². The summed E-state index contributed by atoms with van der Waals surface area (Å²) in [5.41, 5.74) is 1.40. The minimum Gasteiger partial charge on any atom is -0.319 e. The number of amides is 1. The van der Waals surface area contributed by atoms with Crippen LogP contribution in [0.5, 0.6) is 0 Å². The summed E-state index contributed by atoms with van der Waals surface area (Å²) < 4.78 is 30.0. The lowest BCUT2D eigenvalue weighted by molar-refractivity contribution is 0.102. The predicted molar refractivity (Wildman–Crippen MR) is 92.5 cm³/mol. The second kappa shape index (κ2) is 6.19. The maximum Gasteiger partial charge on any atom is 0.284 e. The summed E-state index contributed by atoms with van der Waals surface area (Å²) in [6.45, 7) is 4.01. The Balaban J connectivity index is 1.63. The average Bonchev–Trinajstić information content (AvgIpc) is 3.17. The van der Waals surface area contributed by atoms with E-state index in [4.69, 9.17) is 0 Å². The van der Waals surface area contributed by atoms with Crippen LogP contribution < -0.4 is 5.32 Å². The smallest absolute Gasteiger partial charge is 0.284 e. The van der Waals surface area contributed by atoms with Gasteiger partial charge in [0.1, 0.15) is 5.65 Å². The summed E-state index contributed by atoms with van der Waals surface area (Å²) in [5.74, 6) is 0.0910. The van der Waals surface area contributed by atoms with Gasteiger partial charge in [-0.25, -0.2) is 13.8 Å². The number of hydrogen-bond donors (Lipinski definition) is 1. The number of fused-ring (bicyclic) bond motifs is 1. The summed E-state index contributed by atoms with van der Waals surface area (Å²) in [6, 6.07) is 3.57. The van der Waals surface area contributed by atoms with E-state index in [1.165, 1.54) is 6.20 Å². The molecule has 0 bridgehead atoms. The first kappa shape index (κ1) is 16.7. The lowest BCUT2D eigenvalue weighted by Crippen LogP contribution is -2.25. The highest BCUT2D eigenvalue weighted by Gasteiger charge is 2.30. The van der Waals surface area contributed by atoms with Crippen LogP contribution >= 0.6 is 0 Å². The Kier molecular flexibility index (Phi) is 3.97. The molecule has 3 aromatic rings. The Morgan fingerprint density at radius 2 is 2.12 bits per heavy atom. The molecule has 3 heterocycles. The number of rotatable bonds is 4. The number of hydrogen-bond acceptors (Lipinski definition) is 3. The largest absolute Gasteiger partial charge is 0.319 e. The van der Waals surface area contributed by atoms with E-state index in [-0.39, 0.29) is 11.7 Å². The lowest BCUT2D eigenvalue weighted by Gasteiger charge is -2.32. The van der Waals surface area contributed by atoms with Gasteiger partial charge in [-0.2, -0.15) is 5.10 Å². The van der Waals surface area contributed by atoms with E-state index in [0.717, 1.165) is 18.5 Å². The number of anilines is 1. The van der Waals surface area contributed by atoms with Crippen LogP contribution in [0.3, 0.4) is 0 Å². The monoisotopic (exact) mass is 359 g/mol. The highest BCUT2D eigenvalue weighted by Crippen LogP contribution is 2.38. The molecular weight excluding hydrogens is 340 g/mol. The molecule has 0 atom stereocenters. The maximum atomic E-state index is 13.4. The Morgan fingerprint density at radius 3 is 2.81 bits per heavy atom. The second-order valence-electron chi connectivity index (χ2n) is 6.90. The molecule has 1 aliphatic rings. The molecule has 0 unspecified atom stereocenters. The van der Waals surface area contributed by atoms with E-state index in [0.29, 0.717) is 17.1 Å². The molecule has 136 valence electrons. The topological polar surface area (TPSA) is 64.2 Å². The van der Waals surface area contributed by atoms with E-state index < -0.39 is 18.0 Å². The average molecular weight is 359 g/mol. The van der Waals surface area contributed by atoms with E-state index in [1.54, 1.807) is 27.5 Å². The molecule has 4 rings (SSSR count). The van der Waals surface area contributed by atoms with Crippen LogP contribution in [0.25, 0.3) is 5.65 Å². The molecular formula is C18H19F2N5O. The van der Waals surface area contributed by atoms with E-state index in [1.807, 2.05) is 13.0 Å². The number of alkyl halides is 2. The molecule has 1 aliphatic carbocycles. The van der Waals surface area contributed by atoms with Crippen LogP contribution in [0.2, 0.25) is 0 Å². The fourth-order valence-corrected chi connectivity index (χ4v) is 3.43. The van der Waals surface area contributed by atoms with Crippen molar-refractivity contribution in [3.05, 3.63) is 47.7 Å². The molecule has 6 nitrogen and oxygen atoms in total. The molecule has 1 fully saturated rings. The SMILES string of the molecule is Cc1ccnc2c(C(=O)Nc3cn([C@H]4C[C@H](C)C4)nc3C(F)F)ccn12. The normalized spacial score (nSPS) is 19.7. The van der Waals surface area contributed by atoms with Crippen molar-refractivity contribution < 1.29 is 13.6 Å². The number of carbonyl (C=O) groups excluding carboxylic acids is 1. The van der Waals surface area contributed by atoms with Gasteiger partial charge in [-0.15, -0.1) is 0 Å². The van der Waals surface area contributed by atoms with Gasteiger partial charge < -0.3 is 9.72 Å². The Morgan fingerprint density at radius 1 is 1.35 bits per heavy atom. The molecule has 3 aromatic heterocycles. The van der Waals surface area contributed by atoms with Gasteiger partial charge in [-0.3, -0.25) is 9.48 Å². The number of nitrogens with zero attached hydrogens (tertiary/aromatic N) is 4. The Labute approximate surface area is 148 Å².